The lowest BCUT2D eigenvalue weighted by molar-refractivity contribution is 0.571. The van der Waals surface area contributed by atoms with Gasteiger partial charge in [-0.05, 0) is 31.5 Å². The molecule has 1 atom stereocenters. The molecule has 0 saturated heterocycles. The second-order valence-electron chi connectivity index (χ2n) is 4.78. The molecule has 6 heteroatoms. The van der Waals surface area contributed by atoms with Crippen molar-refractivity contribution in [3.8, 4) is 0 Å². The Morgan fingerprint density at radius 2 is 2.20 bits per heavy atom. The smallest absolute Gasteiger partial charge is 0.181 e. The van der Waals surface area contributed by atoms with Crippen LogP contribution in [0.15, 0.2) is 23.6 Å². The normalized spacial score (nSPS) is 12.9. The van der Waals surface area contributed by atoms with Crippen LogP contribution in [0.2, 0.25) is 0 Å². The maximum Gasteiger partial charge on any atom is 0.181 e. The number of nitrogens with one attached hydrogen (secondary N) is 1. The summed E-state index contributed by atoms with van der Waals surface area (Å²) in [4.78, 5) is 8.78. The van der Waals surface area contributed by atoms with Crippen molar-refractivity contribution in [3.05, 3.63) is 39.8 Å². The van der Waals surface area contributed by atoms with Crippen LogP contribution in [0.4, 0.5) is 5.13 Å². The SMILES string of the molecule is Cc1csc(C(C)NCc2ccc3nc(N)sc3c2)n1. The van der Waals surface area contributed by atoms with Crippen LogP contribution in [0.5, 0.6) is 0 Å². The molecule has 0 aliphatic rings. The second kappa shape index (κ2) is 5.47. The number of benzene rings is 1. The molecule has 0 fully saturated rings. The number of hydrogen-bond donors (Lipinski definition) is 2. The molecule has 0 bridgehead atoms. The molecule has 1 aromatic carbocycles. The number of hydrogen-bond acceptors (Lipinski definition) is 6. The summed E-state index contributed by atoms with van der Waals surface area (Å²) in [6, 6.07) is 6.53. The molecule has 0 radical (unpaired) electrons. The zero-order valence-electron chi connectivity index (χ0n) is 11.4. The van der Waals surface area contributed by atoms with Gasteiger partial charge in [0.2, 0.25) is 0 Å². The van der Waals surface area contributed by atoms with E-state index in [0.29, 0.717) is 5.13 Å². The Morgan fingerprint density at radius 1 is 1.35 bits per heavy atom. The molecule has 0 aliphatic heterocycles. The van der Waals surface area contributed by atoms with Gasteiger partial charge in [-0.2, -0.15) is 0 Å². The van der Waals surface area contributed by atoms with Gasteiger partial charge < -0.3 is 11.1 Å². The molecule has 0 aliphatic carbocycles. The predicted octanol–water partition coefficient (Wildman–Crippen LogP) is 3.49. The number of nitrogen functional groups attached to an aromatic ring is 1. The maximum atomic E-state index is 5.73. The Bertz CT molecular complexity index is 732. The van der Waals surface area contributed by atoms with Crippen LogP contribution >= 0.6 is 22.7 Å². The molecule has 104 valence electrons. The van der Waals surface area contributed by atoms with Crippen molar-refractivity contribution in [3.63, 3.8) is 0 Å². The number of fused-ring (bicyclic) bond motifs is 1. The molecule has 4 nitrogen and oxygen atoms in total. The van der Waals surface area contributed by atoms with E-state index in [9.17, 15) is 0 Å². The van der Waals surface area contributed by atoms with E-state index < -0.39 is 0 Å². The minimum atomic E-state index is 0.260. The average Bonchev–Trinajstić information content (AvgIpc) is 3.00. The molecule has 0 saturated carbocycles. The summed E-state index contributed by atoms with van der Waals surface area (Å²) in [7, 11) is 0. The van der Waals surface area contributed by atoms with Crippen LogP contribution in [0.1, 0.15) is 29.2 Å². The highest BCUT2D eigenvalue weighted by atomic mass is 32.1. The number of anilines is 1. The molecule has 3 aromatic rings. The van der Waals surface area contributed by atoms with Crippen LogP contribution < -0.4 is 11.1 Å². The van der Waals surface area contributed by atoms with Gasteiger partial charge in [0, 0.05) is 17.6 Å². The van der Waals surface area contributed by atoms with E-state index in [-0.39, 0.29) is 6.04 Å². The molecule has 2 heterocycles. The summed E-state index contributed by atoms with van der Waals surface area (Å²) in [6.07, 6.45) is 0. The van der Waals surface area contributed by atoms with E-state index in [1.54, 1.807) is 11.3 Å². The van der Waals surface area contributed by atoms with E-state index in [1.807, 2.05) is 13.0 Å². The van der Waals surface area contributed by atoms with E-state index in [4.69, 9.17) is 5.73 Å². The molecular weight excluding hydrogens is 288 g/mol. The third kappa shape index (κ3) is 2.82. The van der Waals surface area contributed by atoms with Crippen molar-refractivity contribution < 1.29 is 0 Å². The minimum Gasteiger partial charge on any atom is -0.375 e. The lowest BCUT2D eigenvalue weighted by atomic mass is 10.2. The maximum absolute atomic E-state index is 5.73. The number of rotatable bonds is 4. The first-order valence-electron chi connectivity index (χ1n) is 6.42. The van der Waals surface area contributed by atoms with Gasteiger partial charge in [-0.25, -0.2) is 9.97 Å². The molecule has 3 rings (SSSR count). The molecule has 1 unspecified atom stereocenters. The van der Waals surface area contributed by atoms with Crippen LogP contribution in [0.3, 0.4) is 0 Å². The zero-order chi connectivity index (χ0) is 14.1. The van der Waals surface area contributed by atoms with Crippen LogP contribution in [0, 0.1) is 6.92 Å². The first-order valence-corrected chi connectivity index (χ1v) is 8.12. The van der Waals surface area contributed by atoms with Gasteiger partial charge in [-0.3, -0.25) is 0 Å². The Kier molecular flexibility index (Phi) is 3.69. The summed E-state index contributed by atoms with van der Waals surface area (Å²) in [5.74, 6) is 0. The van der Waals surface area contributed by atoms with Crippen LogP contribution in [0.25, 0.3) is 10.2 Å². The van der Waals surface area contributed by atoms with Crippen molar-refractivity contribution in [2.45, 2.75) is 26.4 Å². The number of thiazole rings is 2. The van der Waals surface area contributed by atoms with Gasteiger partial charge in [0.1, 0.15) is 5.01 Å². The molecule has 0 amide bonds. The first-order chi connectivity index (χ1) is 9.61. The summed E-state index contributed by atoms with van der Waals surface area (Å²) in [5, 5.41) is 7.34. The summed E-state index contributed by atoms with van der Waals surface area (Å²) in [6.45, 7) is 4.98. The monoisotopic (exact) mass is 304 g/mol. The first kappa shape index (κ1) is 13.5. The zero-order valence-corrected chi connectivity index (χ0v) is 13.0. The van der Waals surface area contributed by atoms with Gasteiger partial charge >= 0.3 is 0 Å². The quantitative estimate of drug-likeness (QED) is 0.774. The van der Waals surface area contributed by atoms with Crippen molar-refractivity contribution in [1.82, 2.24) is 15.3 Å². The van der Waals surface area contributed by atoms with Crippen molar-refractivity contribution in [1.29, 1.82) is 0 Å². The third-order valence-corrected chi connectivity index (χ3v) is 5.08. The summed E-state index contributed by atoms with van der Waals surface area (Å²) < 4.78 is 1.14. The Labute approximate surface area is 125 Å². The highest BCUT2D eigenvalue weighted by Gasteiger charge is 2.09. The largest absolute Gasteiger partial charge is 0.375 e. The molecular formula is C14H16N4S2. The highest BCUT2D eigenvalue weighted by molar-refractivity contribution is 7.22. The minimum absolute atomic E-state index is 0.260. The second-order valence-corrected chi connectivity index (χ2v) is 6.74. The van der Waals surface area contributed by atoms with E-state index >= 15 is 0 Å². The number of nitrogens with two attached hydrogens (primary N) is 1. The van der Waals surface area contributed by atoms with Crippen molar-refractivity contribution >= 4 is 38.0 Å². The van der Waals surface area contributed by atoms with Crippen molar-refractivity contribution in [2.75, 3.05) is 5.73 Å². The molecule has 0 spiro atoms. The summed E-state index contributed by atoms with van der Waals surface area (Å²) >= 11 is 3.23. The fourth-order valence-corrected chi connectivity index (χ4v) is 3.65. The predicted molar refractivity (Wildman–Crippen MR) is 86.1 cm³/mol. The molecule has 2 aromatic heterocycles. The van der Waals surface area contributed by atoms with Gasteiger partial charge in [-0.1, -0.05) is 17.4 Å². The lowest BCUT2D eigenvalue weighted by Crippen LogP contribution is -2.17. The van der Waals surface area contributed by atoms with Crippen LogP contribution in [-0.4, -0.2) is 9.97 Å². The van der Waals surface area contributed by atoms with Crippen molar-refractivity contribution in [2.24, 2.45) is 0 Å². The van der Waals surface area contributed by atoms with Gasteiger partial charge in [0.05, 0.1) is 16.3 Å². The number of aromatic nitrogens is 2. The highest BCUT2D eigenvalue weighted by Crippen LogP contribution is 2.25. The van der Waals surface area contributed by atoms with E-state index in [2.05, 4.69) is 39.7 Å². The number of aryl methyl sites for hydroxylation is 1. The lowest BCUT2D eigenvalue weighted by Gasteiger charge is -2.11. The Hall–Kier alpha value is -1.50. The van der Waals surface area contributed by atoms with Gasteiger partial charge in [0.15, 0.2) is 5.13 Å². The molecule has 3 N–H and O–H groups in total. The van der Waals surface area contributed by atoms with E-state index in [1.165, 1.54) is 16.9 Å². The average molecular weight is 304 g/mol. The third-order valence-electron chi connectivity index (χ3n) is 3.09. The Balaban J connectivity index is 1.70. The van der Waals surface area contributed by atoms with Gasteiger partial charge in [0.25, 0.3) is 0 Å². The Morgan fingerprint density at radius 3 is 2.95 bits per heavy atom. The topological polar surface area (TPSA) is 63.8 Å². The van der Waals surface area contributed by atoms with Crippen LogP contribution in [-0.2, 0) is 6.54 Å². The summed E-state index contributed by atoms with van der Waals surface area (Å²) in [5.41, 5.74) is 9.02. The van der Waals surface area contributed by atoms with E-state index in [0.717, 1.165) is 27.5 Å². The van der Waals surface area contributed by atoms with Gasteiger partial charge in [-0.15, -0.1) is 11.3 Å². The standard InChI is InChI=1S/C14H16N4S2/c1-8-7-19-13(17-8)9(2)16-6-10-3-4-11-12(5-10)20-14(15)18-11/h3-5,7,9,16H,6H2,1-2H3,(H2,15,18). The molecule has 20 heavy (non-hydrogen) atoms. The fourth-order valence-electron chi connectivity index (χ4n) is 2.03. The number of nitrogens with zero attached hydrogens (tertiary/aromatic N) is 2. The fraction of sp³-hybridized carbons (Fsp3) is 0.286.